The van der Waals surface area contributed by atoms with Crippen molar-refractivity contribution in [2.75, 3.05) is 77.5 Å². The average Bonchev–Trinajstić information content (AvgIpc) is 0.804. The standard InChI is InChI=1S/C17H19NO.C14H23NO.C12H17NO2.C12H23NO.C11H21NO.C10H19NO.2C9H17NO.C8H17NO.C6H13NO.10CH4/c1-13(19)17(18-2)12-14-8-10-16(11-9-14)15-6-4-3-5-7-15;1-9(16)13(15-2)14-6-10-3-11(7-14)5-12(4-10)8-14;1-9(14)12(13(2)3)8-10-4-6-11(15)7-5-10;1-10(14)12(13-2)9-8-11-6-4-3-5-7-11;1-9(13)11(12-2)8-10-6-4-3-5-7-10;1-8(12)10(11-2)9-6-4-3-5-7-9;1-7(11)9(10-2)6-8-4-3-5-8;1-7(11)9(10-2)8-5-3-4-6-8;1-6(10)7(9-5)8(2,3)4;1-4-6(7-3)5(2)8;;;;;;;;;;/h3-11,17-18H,12H2,1-2H3;10-13,15H,3-8H2,1-2H3;4-7,12,15H,8H2,1-3H3;11-13H,3-9H2,1-2H3;10-12H,3-8H2,1-2H3;9-11H,3-7H2,1-2H3;2*8-10H,3-6H2,1-2H3;7,9H,1-5H3;6-7H,4H2,1-3H3;10*1H4/t17-;10?,11?,12?,13-,14?;2*12-;11-;10-;2*9-;7-;6-;;;;;;;;;;/m0100010110........../s1. The van der Waals surface area contributed by atoms with Crippen LogP contribution in [-0.4, -0.2) is 206 Å². The zero-order valence-corrected chi connectivity index (χ0v) is 85.6. The van der Waals surface area contributed by atoms with Gasteiger partial charge in [-0.25, -0.2) is 0 Å². The molecular formula is C118H226N10O11. The molecule has 9 aliphatic carbocycles. The van der Waals surface area contributed by atoms with E-state index in [0.717, 1.165) is 73.2 Å². The van der Waals surface area contributed by atoms with Crippen molar-refractivity contribution >= 4 is 57.8 Å². The molecule has 9 fully saturated rings. The number of phenolic OH excluding ortho intramolecular Hbond substituents is 1. The van der Waals surface area contributed by atoms with Crippen molar-refractivity contribution < 1.29 is 53.1 Å². The number of nitrogens with one attached hydrogen (secondary N) is 9. The normalized spacial score (nSPS) is 19.7. The van der Waals surface area contributed by atoms with Crippen molar-refractivity contribution in [3.05, 3.63) is 90.0 Å². The second-order valence-electron chi connectivity index (χ2n) is 40.3. The summed E-state index contributed by atoms with van der Waals surface area (Å²) < 4.78 is 0. The number of hydrogen-bond acceptors (Lipinski definition) is 21. The Labute approximate surface area is 857 Å². The molecule has 0 aliphatic heterocycles. The van der Waals surface area contributed by atoms with E-state index in [1.165, 1.54) is 203 Å². The summed E-state index contributed by atoms with van der Waals surface area (Å²) >= 11 is 0. The number of carbonyl (C=O) groups is 10. The van der Waals surface area contributed by atoms with E-state index in [9.17, 15) is 47.9 Å². The Balaban J connectivity index is -0.000000193. The molecule has 21 nitrogen and oxygen atoms in total. The minimum atomic E-state index is -0.0948. The number of rotatable bonds is 36. The number of nitrogens with zero attached hydrogens (tertiary/aromatic N) is 1. The summed E-state index contributed by atoms with van der Waals surface area (Å²) in [4.78, 5) is 114. The molecule has 4 bridgehead atoms. The molecule has 10 N–H and O–H groups in total. The first-order chi connectivity index (χ1) is 61.2. The molecule has 0 radical (unpaired) electrons. The van der Waals surface area contributed by atoms with Crippen molar-refractivity contribution in [1.29, 1.82) is 0 Å². The van der Waals surface area contributed by atoms with E-state index in [-0.39, 0.29) is 186 Å². The molecule has 0 amide bonds. The van der Waals surface area contributed by atoms with Crippen molar-refractivity contribution in [1.82, 2.24) is 52.8 Å². The summed E-state index contributed by atoms with van der Waals surface area (Å²) in [5.74, 6) is 9.29. The molecular weight excluding hydrogens is 1730 g/mol. The number of hydrogen-bond donors (Lipinski definition) is 10. The SMILES string of the molecule is C.C.C.C.C.C.C.C.C.C.CC(=O)[C@H](Cc1ccc(O)cc1)N(C)C.CC[C@H](NC)C(C)=O.CN[C@@H](CC1CCC1)C(C)=O.CN[C@@H](CC1CCCCC1)C(C)=O.CN[C@@H](CCC1CCCCC1)C(C)=O.CN[C@@H](Cc1ccc(-c2ccccc2)cc1)C(C)=O.CN[C@H](C(C)=O)C(C)(C)C.CN[C@H](C(C)=O)C12CC3CC(CC(C3)C1)C2.CN[C@H](C(C)=O)C1CCCC1.CN[C@H](C(C)=O)C1CCCCC1. The molecule has 0 heterocycles. The van der Waals surface area contributed by atoms with Crippen molar-refractivity contribution in [3.63, 3.8) is 0 Å². The molecule has 0 saturated heterocycles. The highest BCUT2D eigenvalue weighted by molar-refractivity contribution is 5.85. The largest absolute Gasteiger partial charge is 0.508 e. The molecule has 139 heavy (non-hydrogen) atoms. The van der Waals surface area contributed by atoms with Gasteiger partial charge < -0.3 is 53.0 Å². The van der Waals surface area contributed by atoms with Gasteiger partial charge in [-0.1, -0.05) is 284 Å². The zero-order valence-electron chi connectivity index (χ0n) is 85.6. The van der Waals surface area contributed by atoms with Crippen LogP contribution in [0.4, 0.5) is 0 Å². The van der Waals surface area contributed by atoms with E-state index in [0.29, 0.717) is 41.0 Å². The fourth-order valence-corrected chi connectivity index (χ4v) is 21.6. The molecule has 21 heteroatoms. The van der Waals surface area contributed by atoms with Gasteiger partial charge in [-0.15, -0.1) is 0 Å². The summed E-state index contributed by atoms with van der Waals surface area (Å²) in [5.41, 5.74) is 5.01. The first kappa shape index (κ1) is 150. The van der Waals surface area contributed by atoms with Gasteiger partial charge in [-0.2, -0.15) is 0 Å². The van der Waals surface area contributed by atoms with Crippen molar-refractivity contribution in [2.24, 2.45) is 58.2 Å². The number of phenols is 1. The van der Waals surface area contributed by atoms with Crippen LogP contribution in [-0.2, 0) is 60.8 Å². The van der Waals surface area contributed by atoms with E-state index in [2.05, 4.69) is 105 Å². The molecule has 12 rings (SSSR count). The Bertz CT molecular complexity index is 3590. The van der Waals surface area contributed by atoms with E-state index in [1.54, 1.807) is 88.4 Å². The van der Waals surface area contributed by atoms with E-state index >= 15 is 0 Å². The van der Waals surface area contributed by atoms with Gasteiger partial charge in [-0.05, 0) is 348 Å². The Morgan fingerprint density at radius 2 is 0.683 bits per heavy atom. The van der Waals surface area contributed by atoms with Gasteiger partial charge in [0.1, 0.15) is 63.6 Å². The number of aromatic hydroxyl groups is 1. The minimum Gasteiger partial charge on any atom is -0.508 e. The maximum absolute atomic E-state index is 11.8. The van der Waals surface area contributed by atoms with Crippen LogP contribution in [0.5, 0.6) is 5.75 Å². The smallest absolute Gasteiger partial charge is 0.147 e. The van der Waals surface area contributed by atoms with Crippen LogP contribution in [0.25, 0.3) is 11.1 Å². The average molecular weight is 1960 g/mol. The molecule has 0 spiro atoms. The zero-order chi connectivity index (χ0) is 96.9. The second kappa shape index (κ2) is 83.0. The van der Waals surface area contributed by atoms with Gasteiger partial charge in [0.25, 0.3) is 0 Å². The highest BCUT2D eigenvalue weighted by Crippen LogP contribution is 2.61. The predicted octanol–water partition coefficient (Wildman–Crippen LogP) is 24.2. The molecule has 0 unspecified atom stereocenters. The highest BCUT2D eigenvalue weighted by atomic mass is 16.3. The molecule has 814 valence electrons. The quantitative estimate of drug-likeness (QED) is 0.0259. The minimum absolute atomic E-state index is 0. The lowest BCUT2D eigenvalue weighted by atomic mass is 9.47. The molecule has 9 aliphatic rings. The number of ketones is 10. The lowest BCUT2D eigenvalue weighted by Crippen LogP contribution is -2.57. The molecule has 10 atom stereocenters. The van der Waals surface area contributed by atoms with Gasteiger partial charge in [-0.3, -0.25) is 52.8 Å². The Kier molecular flexibility index (Phi) is 89.8. The van der Waals surface area contributed by atoms with Crippen LogP contribution in [0.2, 0.25) is 0 Å². The van der Waals surface area contributed by atoms with Crippen LogP contribution in [0, 0.1) is 58.2 Å². The number of carbonyl (C=O) groups excluding carboxylic acids is 10. The fraction of sp³-hybridized carbons (Fsp3) is 0.763. The summed E-state index contributed by atoms with van der Waals surface area (Å²) in [7, 11) is 20.6. The van der Waals surface area contributed by atoms with Gasteiger partial charge in [0.2, 0.25) is 0 Å². The first-order valence-corrected chi connectivity index (χ1v) is 49.9. The number of likely N-dealkylation sites (N-methyl/N-ethyl adjacent to an activating group) is 10. The van der Waals surface area contributed by atoms with Gasteiger partial charge >= 0.3 is 0 Å². The lowest BCUT2D eigenvalue weighted by molar-refractivity contribution is -0.131. The predicted molar refractivity (Wildman–Crippen MR) is 602 cm³/mol. The van der Waals surface area contributed by atoms with E-state index < -0.39 is 0 Å². The van der Waals surface area contributed by atoms with Crippen LogP contribution in [0.15, 0.2) is 78.9 Å². The third-order valence-corrected chi connectivity index (χ3v) is 28.7. The van der Waals surface area contributed by atoms with Crippen LogP contribution in [0.3, 0.4) is 0 Å². The maximum Gasteiger partial charge on any atom is 0.147 e. The summed E-state index contributed by atoms with van der Waals surface area (Å²) in [6.07, 6.45) is 44.1. The van der Waals surface area contributed by atoms with Gasteiger partial charge in [0, 0.05) is 0 Å². The van der Waals surface area contributed by atoms with E-state index in [4.69, 9.17) is 5.11 Å². The third kappa shape index (κ3) is 58.5. The Morgan fingerprint density at radius 3 is 0.950 bits per heavy atom. The van der Waals surface area contributed by atoms with E-state index in [1.807, 2.05) is 113 Å². The molecule has 9 saturated carbocycles. The Morgan fingerprint density at radius 1 is 0.353 bits per heavy atom. The lowest BCUT2D eigenvalue weighted by Gasteiger charge is -2.59. The summed E-state index contributed by atoms with van der Waals surface area (Å²) in [6.45, 7) is 24.8. The molecule has 3 aromatic carbocycles. The summed E-state index contributed by atoms with van der Waals surface area (Å²) in [5, 5.41) is 36.8. The van der Waals surface area contributed by atoms with Crippen LogP contribution in [0.1, 0.15) is 394 Å². The maximum atomic E-state index is 11.8. The van der Waals surface area contributed by atoms with Crippen LogP contribution < -0.4 is 47.9 Å². The fourth-order valence-electron chi connectivity index (χ4n) is 21.6. The van der Waals surface area contributed by atoms with Crippen molar-refractivity contribution in [2.45, 2.75) is 456 Å². The summed E-state index contributed by atoms with van der Waals surface area (Å²) in [6, 6.07) is 26.2. The topological polar surface area (TPSA) is 302 Å². The molecule has 3 aromatic rings. The van der Waals surface area contributed by atoms with Gasteiger partial charge in [0.05, 0.1) is 60.4 Å². The monoisotopic (exact) mass is 1960 g/mol. The number of benzene rings is 3. The second-order valence-corrected chi connectivity index (χ2v) is 40.3. The van der Waals surface area contributed by atoms with Crippen molar-refractivity contribution in [3.8, 4) is 16.9 Å². The third-order valence-electron chi connectivity index (χ3n) is 28.7. The highest BCUT2D eigenvalue weighted by Gasteiger charge is 2.55. The molecule has 0 aromatic heterocycles. The Hall–Kier alpha value is -6.24. The number of Topliss-reactive ketones (excluding diaryl/α,β-unsaturated/α-hetero) is 10. The van der Waals surface area contributed by atoms with Gasteiger partial charge in [0.15, 0.2) is 0 Å². The van der Waals surface area contributed by atoms with Crippen LogP contribution >= 0.6 is 0 Å². The first-order valence-electron chi connectivity index (χ1n) is 49.9.